The molecule has 1 aliphatic heterocycles. The summed E-state index contributed by atoms with van der Waals surface area (Å²) >= 11 is 0. The molecule has 1 aliphatic rings. The van der Waals surface area contributed by atoms with Crippen LogP contribution in [0.15, 0.2) is 24.5 Å². The molecular formula is C12H13N3O2. The molecule has 0 spiro atoms. The Labute approximate surface area is 98.6 Å². The van der Waals surface area contributed by atoms with E-state index in [-0.39, 0.29) is 0 Å². The van der Waals surface area contributed by atoms with E-state index in [4.69, 9.17) is 15.2 Å². The van der Waals surface area contributed by atoms with Crippen molar-refractivity contribution in [2.75, 3.05) is 25.6 Å². The van der Waals surface area contributed by atoms with Crippen LogP contribution in [-0.4, -0.2) is 29.8 Å². The SMILES string of the molecule is Nc1ncnc2c(OCC3COC3)cccc12. The number of hydrogen-bond acceptors (Lipinski definition) is 5. The molecule has 2 heterocycles. The highest BCUT2D eigenvalue weighted by molar-refractivity contribution is 5.91. The fourth-order valence-corrected chi connectivity index (χ4v) is 1.79. The Kier molecular flexibility index (Phi) is 2.53. The van der Waals surface area contributed by atoms with Gasteiger partial charge in [0.15, 0.2) is 0 Å². The van der Waals surface area contributed by atoms with E-state index < -0.39 is 0 Å². The molecule has 0 amide bonds. The summed E-state index contributed by atoms with van der Waals surface area (Å²) in [6.07, 6.45) is 1.46. The summed E-state index contributed by atoms with van der Waals surface area (Å²) in [5.74, 6) is 1.72. The van der Waals surface area contributed by atoms with Gasteiger partial charge in [0, 0.05) is 11.3 Å². The van der Waals surface area contributed by atoms with E-state index in [9.17, 15) is 0 Å². The van der Waals surface area contributed by atoms with E-state index in [0.29, 0.717) is 18.3 Å². The van der Waals surface area contributed by atoms with Crippen molar-refractivity contribution < 1.29 is 9.47 Å². The van der Waals surface area contributed by atoms with Crippen molar-refractivity contribution in [1.29, 1.82) is 0 Å². The number of nitrogen functional groups attached to an aromatic ring is 1. The fraction of sp³-hybridized carbons (Fsp3) is 0.333. The van der Waals surface area contributed by atoms with Gasteiger partial charge < -0.3 is 15.2 Å². The average molecular weight is 231 g/mol. The minimum Gasteiger partial charge on any atom is -0.491 e. The second kappa shape index (κ2) is 4.18. The predicted octanol–water partition coefficient (Wildman–Crippen LogP) is 1.24. The maximum absolute atomic E-state index is 5.79. The zero-order chi connectivity index (χ0) is 11.7. The molecular weight excluding hydrogens is 218 g/mol. The third-order valence-corrected chi connectivity index (χ3v) is 2.84. The first-order chi connectivity index (χ1) is 8.34. The van der Waals surface area contributed by atoms with Crippen molar-refractivity contribution in [3.8, 4) is 5.75 Å². The zero-order valence-corrected chi connectivity index (χ0v) is 9.30. The van der Waals surface area contributed by atoms with Crippen LogP contribution in [0.25, 0.3) is 10.9 Å². The molecule has 0 unspecified atom stereocenters. The van der Waals surface area contributed by atoms with Gasteiger partial charge in [0.1, 0.15) is 23.4 Å². The monoisotopic (exact) mass is 231 g/mol. The van der Waals surface area contributed by atoms with Crippen LogP contribution in [0.5, 0.6) is 5.75 Å². The van der Waals surface area contributed by atoms with Gasteiger partial charge in [-0.3, -0.25) is 0 Å². The van der Waals surface area contributed by atoms with Crippen LogP contribution in [0.4, 0.5) is 5.82 Å². The van der Waals surface area contributed by atoms with Gasteiger partial charge in [-0.1, -0.05) is 6.07 Å². The van der Waals surface area contributed by atoms with Gasteiger partial charge in [-0.15, -0.1) is 0 Å². The van der Waals surface area contributed by atoms with Gasteiger partial charge in [0.25, 0.3) is 0 Å². The number of para-hydroxylation sites is 1. The van der Waals surface area contributed by atoms with Crippen LogP contribution in [0.2, 0.25) is 0 Å². The summed E-state index contributed by atoms with van der Waals surface area (Å²) in [4.78, 5) is 8.18. The maximum Gasteiger partial charge on any atom is 0.145 e. The number of fused-ring (bicyclic) bond motifs is 1. The molecule has 1 aromatic heterocycles. The Morgan fingerprint density at radius 1 is 1.35 bits per heavy atom. The minimum atomic E-state index is 0.479. The lowest BCUT2D eigenvalue weighted by molar-refractivity contribution is -0.0506. The number of nitrogens with two attached hydrogens (primary N) is 1. The zero-order valence-electron chi connectivity index (χ0n) is 9.30. The van der Waals surface area contributed by atoms with Gasteiger partial charge in [-0.25, -0.2) is 9.97 Å². The molecule has 1 saturated heterocycles. The molecule has 0 saturated carbocycles. The number of hydrogen-bond donors (Lipinski definition) is 1. The minimum absolute atomic E-state index is 0.479. The molecule has 0 radical (unpaired) electrons. The van der Waals surface area contributed by atoms with E-state index in [2.05, 4.69) is 9.97 Å². The molecule has 5 nitrogen and oxygen atoms in total. The van der Waals surface area contributed by atoms with Crippen molar-refractivity contribution in [3.63, 3.8) is 0 Å². The Morgan fingerprint density at radius 3 is 3.00 bits per heavy atom. The first-order valence-electron chi connectivity index (χ1n) is 5.54. The largest absolute Gasteiger partial charge is 0.491 e. The second-order valence-electron chi connectivity index (χ2n) is 4.13. The number of benzene rings is 1. The predicted molar refractivity (Wildman–Crippen MR) is 63.8 cm³/mol. The Hall–Kier alpha value is -1.88. The fourth-order valence-electron chi connectivity index (χ4n) is 1.79. The average Bonchev–Trinajstić information content (AvgIpc) is 2.28. The van der Waals surface area contributed by atoms with Crippen LogP contribution in [0, 0.1) is 5.92 Å². The van der Waals surface area contributed by atoms with Crippen LogP contribution in [0.3, 0.4) is 0 Å². The smallest absolute Gasteiger partial charge is 0.145 e. The molecule has 0 aliphatic carbocycles. The second-order valence-corrected chi connectivity index (χ2v) is 4.13. The Morgan fingerprint density at radius 2 is 2.24 bits per heavy atom. The molecule has 88 valence electrons. The standard InChI is InChI=1S/C12H13N3O2/c13-12-9-2-1-3-10(11(9)14-7-15-12)17-6-8-4-16-5-8/h1-3,7-8H,4-6H2,(H2,13,14,15). The third kappa shape index (κ3) is 1.89. The normalized spacial score (nSPS) is 15.8. The lowest BCUT2D eigenvalue weighted by atomic mass is 10.1. The van der Waals surface area contributed by atoms with Gasteiger partial charge in [-0.05, 0) is 12.1 Å². The summed E-state index contributed by atoms with van der Waals surface area (Å²) in [5.41, 5.74) is 6.56. The van der Waals surface area contributed by atoms with Crippen molar-refractivity contribution in [2.45, 2.75) is 0 Å². The molecule has 17 heavy (non-hydrogen) atoms. The lowest BCUT2D eigenvalue weighted by Crippen LogP contribution is -2.32. The molecule has 2 aromatic rings. The topological polar surface area (TPSA) is 70.3 Å². The van der Waals surface area contributed by atoms with Crippen LogP contribution in [0.1, 0.15) is 0 Å². The maximum atomic E-state index is 5.79. The summed E-state index contributed by atoms with van der Waals surface area (Å²) in [5, 5.41) is 0.829. The number of anilines is 1. The summed E-state index contributed by atoms with van der Waals surface area (Å²) in [6, 6.07) is 5.69. The van der Waals surface area contributed by atoms with E-state index in [1.165, 1.54) is 6.33 Å². The number of rotatable bonds is 3. The lowest BCUT2D eigenvalue weighted by Gasteiger charge is -2.25. The first-order valence-corrected chi connectivity index (χ1v) is 5.54. The molecule has 5 heteroatoms. The summed E-state index contributed by atoms with van der Waals surface area (Å²) in [7, 11) is 0. The number of ether oxygens (including phenoxy) is 2. The molecule has 3 rings (SSSR count). The first kappa shape index (κ1) is 10.3. The quantitative estimate of drug-likeness (QED) is 0.860. The van der Waals surface area contributed by atoms with Crippen LogP contribution in [-0.2, 0) is 4.74 Å². The van der Waals surface area contributed by atoms with Crippen LogP contribution < -0.4 is 10.5 Å². The van der Waals surface area contributed by atoms with Crippen molar-refractivity contribution in [2.24, 2.45) is 5.92 Å². The number of aromatic nitrogens is 2. The van der Waals surface area contributed by atoms with E-state index in [1.54, 1.807) is 0 Å². The Bertz CT molecular complexity index is 540. The summed E-state index contributed by atoms with van der Waals surface area (Å²) in [6.45, 7) is 2.22. The number of nitrogens with zero attached hydrogens (tertiary/aromatic N) is 2. The van der Waals surface area contributed by atoms with E-state index in [1.807, 2.05) is 18.2 Å². The van der Waals surface area contributed by atoms with Gasteiger partial charge >= 0.3 is 0 Å². The molecule has 1 fully saturated rings. The summed E-state index contributed by atoms with van der Waals surface area (Å²) < 4.78 is 10.9. The van der Waals surface area contributed by atoms with E-state index in [0.717, 1.165) is 29.9 Å². The highest BCUT2D eigenvalue weighted by atomic mass is 16.5. The van der Waals surface area contributed by atoms with Crippen molar-refractivity contribution in [3.05, 3.63) is 24.5 Å². The molecule has 0 atom stereocenters. The molecule has 0 bridgehead atoms. The van der Waals surface area contributed by atoms with Gasteiger partial charge in [0.05, 0.1) is 19.8 Å². The highest BCUT2D eigenvalue weighted by Crippen LogP contribution is 2.26. The highest BCUT2D eigenvalue weighted by Gasteiger charge is 2.19. The van der Waals surface area contributed by atoms with Crippen molar-refractivity contribution in [1.82, 2.24) is 9.97 Å². The third-order valence-electron chi connectivity index (χ3n) is 2.84. The van der Waals surface area contributed by atoms with Crippen LogP contribution >= 0.6 is 0 Å². The van der Waals surface area contributed by atoms with Crippen molar-refractivity contribution >= 4 is 16.7 Å². The van der Waals surface area contributed by atoms with E-state index >= 15 is 0 Å². The molecule has 2 N–H and O–H groups in total. The Balaban J connectivity index is 1.90. The van der Waals surface area contributed by atoms with Gasteiger partial charge in [-0.2, -0.15) is 0 Å². The molecule has 1 aromatic carbocycles. The van der Waals surface area contributed by atoms with Gasteiger partial charge in [0.2, 0.25) is 0 Å².